The highest BCUT2D eigenvalue weighted by Crippen LogP contribution is 2.30. The van der Waals surface area contributed by atoms with E-state index in [0.29, 0.717) is 12.0 Å². The molecule has 1 rings (SSSR count). The molecule has 0 heterocycles. The number of carbonyl (C=O) groups excluding carboxylic acids is 3. The largest absolute Gasteiger partial charge is 0.480 e. The minimum Gasteiger partial charge on any atom is -0.480 e. The number of carboxylic acid groups (broad SMARTS) is 1. The first-order chi connectivity index (χ1) is 15.6. The number of rotatable bonds is 14. The van der Waals surface area contributed by atoms with Gasteiger partial charge in [-0.3, -0.25) is 19.2 Å². The fourth-order valence-electron chi connectivity index (χ4n) is 2.77. The number of benzene rings is 1. The van der Waals surface area contributed by atoms with Crippen molar-refractivity contribution in [1.82, 2.24) is 5.32 Å². The number of esters is 3. The number of hydrogen-bond acceptors (Lipinski definition) is 8. The molecule has 2 unspecified atom stereocenters. The maximum Gasteiger partial charge on any atom is 0.321 e. The molecular formula is C24H35NO8. The van der Waals surface area contributed by atoms with Gasteiger partial charge in [-0.1, -0.05) is 40.2 Å². The highest BCUT2D eigenvalue weighted by molar-refractivity contribution is 5.76. The zero-order valence-electron chi connectivity index (χ0n) is 20.0. The van der Waals surface area contributed by atoms with Gasteiger partial charge in [0.25, 0.3) is 0 Å². The second kappa shape index (κ2) is 14.3. The Balaban J connectivity index is 2.86. The van der Waals surface area contributed by atoms with Crippen LogP contribution >= 0.6 is 0 Å². The van der Waals surface area contributed by atoms with Crippen LogP contribution in [0.5, 0.6) is 11.5 Å². The topological polar surface area (TPSA) is 128 Å². The summed E-state index contributed by atoms with van der Waals surface area (Å²) in [6, 6.07) is 3.59. The van der Waals surface area contributed by atoms with Crippen molar-refractivity contribution in [2.75, 3.05) is 6.54 Å². The summed E-state index contributed by atoms with van der Waals surface area (Å²) in [7, 11) is 0. The minimum absolute atomic E-state index is 0.0534. The van der Waals surface area contributed by atoms with Crippen LogP contribution in [0.15, 0.2) is 18.2 Å². The van der Waals surface area contributed by atoms with Crippen molar-refractivity contribution in [3.05, 3.63) is 23.8 Å². The van der Waals surface area contributed by atoms with Gasteiger partial charge >= 0.3 is 23.9 Å². The van der Waals surface area contributed by atoms with E-state index in [0.717, 1.165) is 6.42 Å². The summed E-state index contributed by atoms with van der Waals surface area (Å²) < 4.78 is 15.8. The van der Waals surface area contributed by atoms with Crippen LogP contribution in [0.2, 0.25) is 0 Å². The minimum atomic E-state index is -1.08. The van der Waals surface area contributed by atoms with Crippen LogP contribution in [0.25, 0.3) is 0 Å². The third kappa shape index (κ3) is 10.5. The molecule has 0 fully saturated rings. The van der Waals surface area contributed by atoms with Gasteiger partial charge in [0.2, 0.25) is 0 Å². The molecule has 0 aromatic heterocycles. The molecule has 0 saturated carbocycles. The molecule has 33 heavy (non-hydrogen) atoms. The Morgan fingerprint density at radius 3 is 2.09 bits per heavy atom. The molecular weight excluding hydrogens is 430 g/mol. The van der Waals surface area contributed by atoms with E-state index in [2.05, 4.69) is 5.32 Å². The third-order valence-electron chi connectivity index (χ3n) is 4.97. The summed E-state index contributed by atoms with van der Waals surface area (Å²) >= 11 is 0. The van der Waals surface area contributed by atoms with E-state index in [4.69, 9.17) is 14.2 Å². The molecule has 0 spiro atoms. The van der Waals surface area contributed by atoms with E-state index < -0.39 is 30.1 Å². The van der Waals surface area contributed by atoms with E-state index in [-0.39, 0.29) is 49.2 Å². The van der Waals surface area contributed by atoms with Crippen molar-refractivity contribution >= 4 is 23.9 Å². The Bertz CT molecular complexity index is 823. The lowest BCUT2D eigenvalue weighted by atomic mass is 10.0. The Kier molecular flexibility index (Phi) is 12.1. The molecule has 9 nitrogen and oxygen atoms in total. The summed E-state index contributed by atoms with van der Waals surface area (Å²) in [6.45, 7) is 9.08. The maximum absolute atomic E-state index is 11.9. The van der Waals surface area contributed by atoms with Gasteiger partial charge in [-0.15, -0.1) is 0 Å². The lowest BCUT2D eigenvalue weighted by Crippen LogP contribution is -2.42. The van der Waals surface area contributed by atoms with Crippen LogP contribution in [-0.4, -0.2) is 47.7 Å². The van der Waals surface area contributed by atoms with E-state index in [1.165, 1.54) is 12.1 Å². The highest BCUT2D eigenvalue weighted by atomic mass is 16.6. The second-order valence-corrected chi connectivity index (χ2v) is 7.96. The predicted octanol–water partition coefficient (Wildman–Crippen LogP) is 3.27. The van der Waals surface area contributed by atoms with Crippen molar-refractivity contribution in [2.24, 2.45) is 5.92 Å². The van der Waals surface area contributed by atoms with Crippen molar-refractivity contribution in [2.45, 2.75) is 78.9 Å². The normalized spacial score (nSPS) is 13.5. The Hall–Kier alpha value is -2.94. The summed E-state index contributed by atoms with van der Waals surface area (Å²) in [5, 5.41) is 12.5. The Labute approximate surface area is 194 Å². The van der Waals surface area contributed by atoms with Crippen LogP contribution in [-0.2, 0) is 30.3 Å². The lowest BCUT2D eigenvalue weighted by molar-refractivity contribution is -0.149. The van der Waals surface area contributed by atoms with E-state index in [9.17, 15) is 24.3 Å². The van der Waals surface area contributed by atoms with Gasteiger partial charge in [-0.25, -0.2) is 0 Å². The van der Waals surface area contributed by atoms with Gasteiger partial charge in [-0.05, 0) is 37.0 Å². The zero-order valence-corrected chi connectivity index (χ0v) is 20.0. The van der Waals surface area contributed by atoms with Crippen molar-refractivity contribution in [3.8, 4) is 11.5 Å². The molecule has 1 aromatic carbocycles. The molecule has 2 N–H and O–H groups in total. The monoisotopic (exact) mass is 465 g/mol. The van der Waals surface area contributed by atoms with Crippen molar-refractivity contribution in [1.29, 1.82) is 0 Å². The van der Waals surface area contributed by atoms with Gasteiger partial charge in [-0.2, -0.15) is 0 Å². The summed E-state index contributed by atoms with van der Waals surface area (Å²) in [5.74, 6) is -2.03. The molecule has 9 heteroatoms. The quantitative estimate of drug-likeness (QED) is 0.314. The van der Waals surface area contributed by atoms with E-state index in [1.807, 2.05) is 13.8 Å². The van der Waals surface area contributed by atoms with Gasteiger partial charge < -0.3 is 24.6 Å². The molecule has 3 atom stereocenters. The van der Waals surface area contributed by atoms with Crippen molar-refractivity contribution < 1.29 is 38.5 Å². The highest BCUT2D eigenvalue weighted by Gasteiger charge is 2.21. The van der Waals surface area contributed by atoms with Crippen LogP contribution < -0.4 is 14.8 Å². The molecule has 0 radical (unpaired) electrons. The van der Waals surface area contributed by atoms with Crippen LogP contribution in [0.4, 0.5) is 0 Å². The van der Waals surface area contributed by atoms with Crippen LogP contribution in [0, 0.1) is 5.92 Å². The van der Waals surface area contributed by atoms with Gasteiger partial charge in [0.1, 0.15) is 12.1 Å². The zero-order chi connectivity index (χ0) is 25.0. The van der Waals surface area contributed by atoms with Gasteiger partial charge in [0, 0.05) is 25.8 Å². The summed E-state index contributed by atoms with van der Waals surface area (Å²) in [5.41, 5.74) is 0.562. The smallest absolute Gasteiger partial charge is 0.321 e. The maximum atomic E-state index is 11.9. The fourth-order valence-corrected chi connectivity index (χ4v) is 2.77. The number of nitrogens with one attached hydrogen (secondary N) is 1. The molecule has 1 aromatic rings. The first kappa shape index (κ1) is 28.1. The van der Waals surface area contributed by atoms with Crippen LogP contribution in [0.1, 0.15) is 65.9 Å². The average molecular weight is 466 g/mol. The van der Waals surface area contributed by atoms with E-state index >= 15 is 0 Å². The number of aliphatic carboxylic acids is 1. The molecule has 0 aliphatic carbocycles. The molecule has 0 amide bonds. The number of carbonyl (C=O) groups is 4. The molecule has 0 saturated heterocycles. The predicted molar refractivity (Wildman–Crippen MR) is 121 cm³/mol. The number of ether oxygens (including phenoxy) is 3. The summed E-state index contributed by atoms with van der Waals surface area (Å²) in [6.07, 6.45) is 1.03. The Morgan fingerprint density at radius 1 is 0.939 bits per heavy atom. The molecule has 0 bridgehead atoms. The van der Waals surface area contributed by atoms with Crippen molar-refractivity contribution in [3.63, 3.8) is 0 Å². The van der Waals surface area contributed by atoms with E-state index in [1.54, 1.807) is 26.8 Å². The molecule has 0 aliphatic rings. The van der Waals surface area contributed by atoms with Gasteiger partial charge in [0.15, 0.2) is 11.5 Å². The molecule has 184 valence electrons. The first-order valence-corrected chi connectivity index (χ1v) is 11.3. The summed E-state index contributed by atoms with van der Waals surface area (Å²) in [4.78, 5) is 47.1. The SMILES string of the molecule is CCC(=O)Oc1ccc(C[C@H](NCC(C)OC(=O)CC(C)CC)C(=O)O)cc1OC(=O)CC. The lowest BCUT2D eigenvalue weighted by Gasteiger charge is -2.20. The third-order valence-corrected chi connectivity index (χ3v) is 4.97. The average Bonchev–Trinajstić information content (AvgIpc) is 2.77. The van der Waals surface area contributed by atoms with Crippen LogP contribution in [0.3, 0.4) is 0 Å². The standard InChI is InChI=1S/C24H35NO8/c1-6-15(4)11-23(28)31-16(5)14-25-18(24(29)30)12-17-9-10-19(32-21(26)7-2)20(13-17)33-22(27)8-3/h9-10,13,15-16,18,25H,6-8,11-12,14H2,1-5H3,(H,29,30)/t15?,16?,18-/m0/s1. The number of carboxylic acids is 1. The Morgan fingerprint density at radius 2 is 1.55 bits per heavy atom. The second-order valence-electron chi connectivity index (χ2n) is 7.96. The fraction of sp³-hybridized carbons (Fsp3) is 0.583. The number of hydrogen-bond donors (Lipinski definition) is 2. The first-order valence-electron chi connectivity index (χ1n) is 11.3. The van der Waals surface area contributed by atoms with Gasteiger partial charge in [0.05, 0.1) is 0 Å². The molecule has 0 aliphatic heterocycles.